The Hall–Kier alpha value is -2.15. The minimum absolute atomic E-state index is 0.0131. The van der Waals surface area contributed by atoms with Gasteiger partial charge in [0.1, 0.15) is 5.69 Å². The molecule has 1 aromatic rings. The van der Waals surface area contributed by atoms with Crippen LogP contribution in [-0.2, 0) is 4.74 Å². The number of pyridine rings is 1. The van der Waals surface area contributed by atoms with E-state index in [1.165, 1.54) is 6.20 Å². The summed E-state index contributed by atoms with van der Waals surface area (Å²) in [4.78, 5) is 18.1. The van der Waals surface area contributed by atoms with E-state index in [1.807, 2.05) is 13.8 Å². The van der Waals surface area contributed by atoms with E-state index in [0.717, 1.165) is 0 Å². The standard InChI is InChI=1S/C13H18N4O3/c1-8-6-17(7-9(2)20-8)13(18)11-4-3-10(5-15-11)12(14)16-19/h3-5,8-9,19H,6-7H2,1-2H3,(H2,14,16). The third kappa shape index (κ3) is 3.05. The van der Waals surface area contributed by atoms with Crippen LogP contribution in [0.4, 0.5) is 0 Å². The molecule has 1 saturated heterocycles. The van der Waals surface area contributed by atoms with Crippen molar-refractivity contribution in [2.24, 2.45) is 10.9 Å². The Balaban J connectivity index is 2.13. The number of nitrogens with two attached hydrogens (primary N) is 1. The highest BCUT2D eigenvalue weighted by molar-refractivity contribution is 5.98. The van der Waals surface area contributed by atoms with Gasteiger partial charge in [0.2, 0.25) is 0 Å². The maximum atomic E-state index is 12.3. The lowest BCUT2D eigenvalue weighted by Gasteiger charge is -2.35. The number of ether oxygens (including phenoxy) is 1. The zero-order valence-electron chi connectivity index (χ0n) is 11.5. The van der Waals surface area contributed by atoms with Crippen molar-refractivity contribution in [1.29, 1.82) is 0 Å². The van der Waals surface area contributed by atoms with E-state index in [4.69, 9.17) is 15.7 Å². The SMILES string of the molecule is CC1CN(C(=O)c2ccc(C(N)=NO)cn2)CC(C)O1. The molecule has 0 bridgehead atoms. The molecule has 7 nitrogen and oxygen atoms in total. The van der Waals surface area contributed by atoms with Crippen LogP contribution >= 0.6 is 0 Å². The molecule has 1 aromatic heterocycles. The molecule has 2 unspecified atom stereocenters. The minimum Gasteiger partial charge on any atom is -0.409 e. The molecule has 1 fully saturated rings. The Morgan fingerprint density at radius 2 is 2.10 bits per heavy atom. The van der Waals surface area contributed by atoms with Gasteiger partial charge < -0.3 is 20.6 Å². The van der Waals surface area contributed by atoms with Crippen molar-refractivity contribution in [3.63, 3.8) is 0 Å². The number of aromatic nitrogens is 1. The molecule has 3 N–H and O–H groups in total. The lowest BCUT2D eigenvalue weighted by molar-refractivity contribution is -0.0587. The van der Waals surface area contributed by atoms with Crippen LogP contribution in [0.5, 0.6) is 0 Å². The first-order valence-corrected chi connectivity index (χ1v) is 6.40. The first-order valence-electron chi connectivity index (χ1n) is 6.40. The number of hydrogen-bond acceptors (Lipinski definition) is 5. The predicted octanol–water partition coefficient (Wildman–Crippen LogP) is 0.425. The summed E-state index contributed by atoms with van der Waals surface area (Å²) in [6.07, 6.45) is 1.44. The zero-order valence-corrected chi connectivity index (χ0v) is 11.5. The molecule has 1 amide bonds. The molecule has 0 aromatic carbocycles. The van der Waals surface area contributed by atoms with Gasteiger partial charge in [0.05, 0.1) is 12.2 Å². The first kappa shape index (κ1) is 14.3. The van der Waals surface area contributed by atoms with Gasteiger partial charge in [0, 0.05) is 24.8 Å². The molecule has 0 spiro atoms. The van der Waals surface area contributed by atoms with Crippen LogP contribution in [0.3, 0.4) is 0 Å². The van der Waals surface area contributed by atoms with E-state index in [1.54, 1.807) is 17.0 Å². The summed E-state index contributed by atoms with van der Waals surface area (Å²) in [5.41, 5.74) is 6.25. The molecule has 0 aliphatic carbocycles. The molecule has 2 heterocycles. The van der Waals surface area contributed by atoms with Crippen LogP contribution in [0.15, 0.2) is 23.5 Å². The molecule has 7 heteroatoms. The van der Waals surface area contributed by atoms with Crippen molar-refractivity contribution in [3.8, 4) is 0 Å². The summed E-state index contributed by atoms with van der Waals surface area (Å²) in [6, 6.07) is 3.17. The summed E-state index contributed by atoms with van der Waals surface area (Å²) in [7, 11) is 0. The monoisotopic (exact) mass is 278 g/mol. The van der Waals surface area contributed by atoms with E-state index in [0.29, 0.717) is 24.3 Å². The maximum absolute atomic E-state index is 12.3. The Morgan fingerprint density at radius 1 is 1.45 bits per heavy atom. The van der Waals surface area contributed by atoms with Crippen molar-refractivity contribution >= 4 is 11.7 Å². The van der Waals surface area contributed by atoms with E-state index in [2.05, 4.69) is 10.1 Å². The van der Waals surface area contributed by atoms with Crippen LogP contribution < -0.4 is 5.73 Å². The number of amidine groups is 1. The van der Waals surface area contributed by atoms with Gasteiger partial charge in [0.25, 0.3) is 5.91 Å². The minimum atomic E-state index is -0.141. The van der Waals surface area contributed by atoms with Crippen LogP contribution in [0.2, 0.25) is 0 Å². The Bertz CT molecular complexity index is 505. The Labute approximate surface area is 117 Å². The van der Waals surface area contributed by atoms with E-state index >= 15 is 0 Å². The van der Waals surface area contributed by atoms with Crippen LogP contribution in [0.25, 0.3) is 0 Å². The number of nitrogens with zero attached hydrogens (tertiary/aromatic N) is 3. The van der Waals surface area contributed by atoms with E-state index in [9.17, 15) is 4.79 Å². The summed E-state index contributed by atoms with van der Waals surface area (Å²) in [5.74, 6) is -0.178. The van der Waals surface area contributed by atoms with Gasteiger partial charge in [-0.2, -0.15) is 0 Å². The third-order valence-electron chi connectivity index (χ3n) is 3.09. The fourth-order valence-electron chi connectivity index (χ4n) is 2.24. The third-order valence-corrected chi connectivity index (χ3v) is 3.09. The average Bonchev–Trinajstić information content (AvgIpc) is 2.45. The van der Waals surface area contributed by atoms with Gasteiger partial charge in [-0.25, -0.2) is 0 Å². The molecular formula is C13H18N4O3. The predicted molar refractivity (Wildman–Crippen MR) is 72.7 cm³/mol. The summed E-state index contributed by atoms with van der Waals surface area (Å²) in [6.45, 7) is 4.97. The molecule has 0 radical (unpaired) electrons. The highest BCUT2D eigenvalue weighted by Gasteiger charge is 2.27. The fourth-order valence-corrected chi connectivity index (χ4v) is 2.24. The highest BCUT2D eigenvalue weighted by atomic mass is 16.5. The van der Waals surface area contributed by atoms with Crippen molar-refractivity contribution in [3.05, 3.63) is 29.6 Å². The molecular weight excluding hydrogens is 260 g/mol. The second kappa shape index (κ2) is 5.87. The van der Waals surface area contributed by atoms with Crippen LogP contribution in [-0.4, -0.2) is 52.1 Å². The van der Waals surface area contributed by atoms with Gasteiger partial charge in [-0.3, -0.25) is 9.78 Å². The smallest absolute Gasteiger partial charge is 0.272 e. The Morgan fingerprint density at radius 3 is 2.60 bits per heavy atom. The number of carbonyl (C=O) groups is 1. The number of rotatable bonds is 2. The van der Waals surface area contributed by atoms with Crippen molar-refractivity contribution in [1.82, 2.24) is 9.88 Å². The van der Waals surface area contributed by atoms with Crippen molar-refractivity contribution < 1.29 is 14.7 Å². The van der Waals surface area contributed by atoms with Gasteiger partial charge in [-0.15, -0.1) is 0 Å². The lowest BCUT2D eigenvalue weighted by Crippen LogP contribution is -2.48. The van der Waals surface area contributed by atoms with E-state index in [-0.39, 0.29) is 24.0 Å². The summed E-state index contributed by atoms with van der Waals surface area (Å²) >= 11 is 0. The highest BCUT2D eigenvalue weighted by Crippen LogP contribution is 2.13. The van der Waals surface area contributed by atoms with Crippen molar-refractivity contribution in [2.75, 3.05) is 13.1 Å². The number of carbonyl (C=O) groups excluding carboxylic acids is 1. The van der Waals surface area contributed by atoms with E-state index < -0.39 is 0 Å². The summed E-state index contributed by atoms with van der Waals surface area (Å²) < 4.78 is 5.59. The second-order valence-corrected chi connectivity index (χ2v) is 4.88. The van der Waals surface area contributed by atoms with Gasteiger partial charge in [-0.05, 0) is 26.0 Å². The second-order valence-electron chi connectivity index (χ2n) is 4.88. The van der Waals surface area contributed by atoms with Crippen LogP contribution in [0.1, 0.15) is 29.9 Å². The average molecular weight is 278 g/mol. The van der Waals surface area contributed by atoms with Crippen molar-refractivity contribution in [2.45, 2.75) is 26.1 Å². The molecule has 0 saturated carbocycles. The molecule has 108 valence electrons. The molecule has 1 aliphatic heterocycles. The quantitative estimate of drug-likeness (QED) is 0.353. The van der Waals surface area contributed by atoms with Gasteiger partial charge >= 0.3 is 0 Å². The number of oxime groups is 1. The first-order chi connectivity index (χ1) is 9.51. The van der Waals surface area contributed by atoms with Gasteiger partial charge in [-0.1, -0.05) is 5.16 Å². The molecule has 1 aliphatic rings. The molecule has 2 atom stereocenters. The van der Waals surface area contributed by atoms with Gasteiger partial charge in [0.15, 0.2) is 5.84 Å². The zero-order chi connectivity index (χ0) is 14.7. The van der Waals surface area contributed by atoms with Crippen LogP contribution in [0, 0.1) is 0 Å². The fraction of sp³-hybridized carbons (Fsp3) is 0.462. The molecule has 2 rings (SSSR count). The topological polar surface area (TPSA) is 101 Å². The molecule has 20 heavy (non-hydrogen) atoms. The summed E-state index contributed by atoms with van der Waals surface area (Å²) in [5, 5.41) is 11.5. The largest absolute Gasteiger partial charge is 0.409 e. The number of hydrogen-bond donors (Lipinski definition) is 2. The Kier molecular flexibility index (Phi) is 4.19. The number of amides is 1. The lowest BCUT2D eigenvalue weighted by atomic mass is 10.2. The normalized spacial score (nSPS) is 23.7. The number of morpholine rings is 1. The maximum Gasteiger partial charge on any atom is 0.272 e.